The van der Waals surface area contributed by atoms with Gasteiger partial charge in [0, 0.05) is 50.4 Å². The zero-order valence-electron chi connectivity index (χ0n) is 15.4. The Morgan fingerprint density at radius 1 is 1.38 bits per heavy atom. The van der Waals surface area contributed by atoms with Crippen molar-refractivity contribution in [2.75, 3.05) is 26.2 Å². The summed E-state index contributed by atoms with van der Waals surface area (Å²) in [4.78, 5) is 7.17. The first kappa shape index (κ1) is 21.0. The summed E-state index contributed by atoms with van der Waals surface area (Å²) in [5.74, 6) is 1.53. The van der Waals surface area contributed by atoms with Gasteiger partial charge in [0.15, 0.2) is 5.96 Å². The molecule has 26 heavy (non-hydrogen) atoms. The number of rotatable bonds is 5. The van der Waals surface area contributed by atoms with Crippen LogP contribution in [0.1, 0.15) is 30.4 Å². The van der Waals surface area contributed by atoms with E-state index in [1.54, 1.807) is 0 Å². The SMILES string of the molecule is CCNC(=NCCc1ccccc1Cl)N1CCC(c2cnn(C)c2)C1.I. The third kappa shape index (κ3) is 5.36. The normalized spacial score (nSPS) is 17.3. The fraction of sp³-hybridized carbons (Fsp3) is 0.474. The molecule has 1 atom stereocenters. The van der Waals surface area contributed by atoms with Gasteiger partial charge in [-0.3, -0.25) is 9.67 Å². The second-order valence-corrected chi connectivity index (χ2v) is 6.86. The summed E-state index contributed by atoms with van der Waals surface area (Å²) in [6.45, 7) is 5.73. The van der Waals surface area contributed by atoms with Crippen LogP contribution < -0.4 is 5.32 Å². The van der Waals surface area contributed by atoms with Crippen molar-refractivity contribution < 1.29 is 0 Å². The number of aryl methyl sites for hydroxylation is 1. The predicted molar refractivity (Wildman–Crippen MR) is 119 cm³/mol. The van der Waals surface area contributed by atoms with Gasteiger partial charge in [-0.05, 0) is 37.0 Å². The molecule has 0 spiro atoms. The smallest absolute Gasteiger partial charge is 0.193 e. The molecular weight excluding hydrogens is 461 g/mol. The van der Waals surface area contributed by atoms with Gasteiger partial charge in [-0.25, -0.2) is 0 Å². The lowest BCUT2D eigenvalue weighted by Crippen LogP contribution is -2.40. The number of hydrogen-bond donors (Lipinski definition) is 1. The van der Waals surface area contributed by atoms with E-state index in [-0.39, 0.29) is 24.0 Å². The molecule has 1 unspecified atom stereocenters. The molecule has 0 aliphatic carbocycles. The van der Waals surface area contributed by atoms with Crippen LogP contribution in [0.4, 0.5) is 0 Å². The molecule has 3 rings (SSSR count). The van der Waals surface area contributed by atoms with Crippen LogP contribution in [0.5, 0.6) is 0 Å². The lowest BCUT2D eigenvalue weighted by Gasteiger charge is -2.21. The first-order chi connectivity index (χ1) is 12.2. The first-order valence-electron chi connectivity index (χ1n) is 8.92. The third-order valence-corrected chi connectivity index (χ3v) is 4.99. The number of aliphatic imine (C=N–C) groups is 1. The first-order valence-corrected chi connectivity index (χ1v) is 9.30. The summed E-state index contributed by atoms with van der Waals surface area (Å²) < 4.78 is 1.88. The number of halogens is 2. The lowest BCUT2D eigenvalue weighted by molar-refractivity contribution is 0.486. The Labute approximate surface area is 177 Å². The maximum Gasteiger partial charge on any atom is 0.193 e. The second-order valence-electron chi connectivity index (χ2n) is 6.46. The van der Waals surface area contributed by atoms with Gasteiger partial charge in [-0.15, -0.1) is 24.0 Å². The molecule has 0 bridgehead atoms. The Kier molecular flexibility index (Phi) is 8.21. The van der Waals surface area contributed by atoms with Crippen molar-refractivity contribution in [2.45, 2.75) is 25.7 Å². The Hall–Kier alpha value is -1.28. The number of guanidine groups is 1. The summed E-state index contributed by atoms with van der Waals surface area (Å²) in [7, 11) is 1.97. The molecule has 0 radical (unpaired) electrons. The Morgan fingerprint density at radius 2 is 2.19 bits per heavy atom. The lowest BCUT2D eigenvalue weighted by atomic mass is 10.0. The minimum Gasteiger partial charge on any atom is -0.357 e. The van der Waals surface area contributed by atoms with Crippen LogP contribution in [0, 0.1) is 0 Å². The summed E-state index contributed by atoms with van der Waals surface area (Å²) in [6, 6.07) is 7.99. The topological polar surface area (TPSA) is 45.5 Å². The van der Waals surface area contributed by atoms with E-state index >= 15 is 0 Å². The van der Waals surface area contributed by atoms with E-state index in [1.807, 2.05) is 36.1 Å². The molecule has 2 heterocycles. The number of aromatic nitrogens is 2. The highest BCUT2D eigenvalue weighted by molar-refractivity contribution is 14.0. The molecule has 1 N–H and O–H groups in total. The average Bonchev–Trinajstić information content (AvgIpc) is 3.24. The van der Waals surface area contributed by atoms with E-state index in [4.69, 9.17) is 16.6 Å². The fourth-order valence-corrected chi connectivity index (χ4v) is 3.52. The van der Waals surface area contributed by atoms with Crippen molar-refractivity contribution >= 4 is 41.5 Å². The van der Waals surface area contributed by atoms with Crippen molar-refractivity contribution in [1.29, 1.82) is 0 Å². The van der Waals surface area contributed by atoms with E-state index in [2.05, 4.69) is 34.5 Å². The van der Waals surface area contributed by atoms with Crippen LogP contribution in [0.2, 0.25) is 5.02 Å². The van der Waals surface area contributed by atoms with Crippen LogP contribution >= 0.6 is 35.6 Å². The maximum atomic E-state index is 6.23. The molecule has 1 fully saturated rings. The number of hydrogen-bond acceptors (Lipinski definition) is 2. The molecule has 1 aromatic heterocycles. The highest BCUT2D eigenvalue weighted by Crippen LogP contribution is 2.26. The maximum absolute atomic E-state index is 6.23. The van der Waals surface area contributed by atoms with Gasteiger partial charge in [0.1, 0.15) is 0 Å². The van der Waals surface area contributed by atoms with Crippen LogP contribution in [-0.2, 0) is 13.5 Å². The number of nitrogens with one attached hydrogen (secondary N) is 1. The van der Waals surface area contributed by atoms with Crippen LogP contribution in [-0.4, -0.2) is 46.8 Å². The van der Waals surface area contributed by atoms with Crippen molar-refractivity contribution in [3.05, 3.63) is 52.8 Å². The predicted octanol–water partition coefficient (Wildman–Crippen LogP) is 3.69. The molecule has 1 aliphatic rings. The molecule has 7 heteroatoms. The van der Waals surface area contributed by atoms with E-state index in [0.717, 1.165) is 55.6 Å². The molecule has 142 valence electrons. The van der Waals surface area contributed by atoms with E-state index in [0.29, 0.717) is 5.92 Å². The monoisotopic (exact) mass is 487 g/mol. The van der Waals surface area contributed by atoms with Crippen molar-refractivity contribution in [1.82, 2.24) is 20.0 Å². The van der Waals surface area contributed by atoms with Gasteiger partial charge in [0.25, 0.3) is 0 Å². The van der Waals surface area contributed by atoms with Crippen LogP contribution in [0.15, 0.2) is 41.7 Å². The molecule has 0 amide bonds. The molecule has 1 aliphatic heterocycles. The summed E-state index contributed by atoms with van der Waals surface area (Å²) >= 11 is 6.23. The molecular formula is C19H27ClIN5. The molecule has 1 aromatic carbocycles. The van der Waals surface area contributed by atoms with Gasteiger partial charge in [0.2, 0.25) is 0 Å². The number of benzene rings is 1. The van der Waals surface area contributed by atoms with E-state index in [9.17, 15) is 0 Å². The van der Waals surface area contributed by atoms with Gasteiger partial charge in [-0.2, -0.15) is 5.10 Å². The fourth-order valence-electron chi connectivity index (χ4n) is 3.28. The Bertz CT molecular complexity index is 730. The average molecular weight is 488 g/mol. The quantitative estimate of drug-likeness (QED) is 0.397. The molecule has 5 nitrogen and oxygen atoms in total. The highest BCUT2D eigenvalue weighted by Gasteiger charge is 2.26. The number of likely N-dealkylation sites (tertiary alicyclic amines) is 1. The van der Waals surface area contributed by atoms with Crippen molar-refractivity contribution in [3.63, 3.8) is 0 Å². The van der Waals surface area contributed by atoms with Crippen molar-refractivity contribution in [2.24, 2.45) is 12.0 Å². The molecule has 0 saturated carbocycles. The van der Waals surface area contributed by atoms with Crippen LogP contribution in [0.25, 0.3) is 0 Å². The molecule has 1 saturated heterocycles. The van der Waals surface area contributed by atoms with Gasteiger partial charge >= 0.3 is 0 Å². The summed E-state index contributed by atoms with van der Waals surface area (Å²) in [5, 5.41) is 8.54. The van der Waals surface area contributed by atoms with Gasteiger partial charge in [0.05, 0.1) is 6.20 Å². The standard InChI is InChI=1S/C19H26ClN5.HI/c1-3-21-19(22-10-8-15-6-4-5-7-18(15)20)25-11-9-16(14-25)17-12-23-24(2)13-17;/h4-7,12-13,16H,3,8-11,14H2,1-2H3,(H,21,22);1H. The third-order valence-electron chi connectivity index (χ3n) is 4.62. The summed E-state index contributed by atoms with van der Waals surface area (Å²) in [6.07, 6.45) is 6.10. The zero-order valence-corrected chi connectivity index (χ0v) is 18.4. The second kappa shape index (κ2) is 10.2. The Morgan fingerprint density at radius 3 is 2.88 bits per heavy atom. The number of nitrogens with zero attached hydrogens (tertiary/aromatic N) is 4. The van der Waals surface area contributed by atoms with Crippen molar-refractivity contribution in [3.8, 4) is 0 Å². The largest absolute Gasteiger partial charge is 0.357 e. The van der Waals surface area contributed by atoms with E-state index in [1.165, 1.54) is 5.56 Å². The summed E-state index contributed by atoms with van der Waals surface area (Å²) in [5.41, 5.74) is 2.47. The molecule has 2 aromatic rings. The zero-order chi connectivity index (χ0) is 17.6. The Balaban J connectivity index is 0.00000243. The minimum atomic E-state index is 0. The highest BCUT2D eigenvalue weighted by atomic mass is 127. The van der Waals surface area contributed by atoms with Gasteiger partial charge < -0.3 is 10.2 Å². The minimum absolute atomic E-state index is 0. The van der Waals surface area contributed by atoms with Crippen LogP contribution in [0.3, 0.4) is 0 Å². The van der Waals surface area contributed by atoms with Gasteiger partial charge in [-0.1, -0.05) is 29.8 Å². The van der Waals surface area contributed by atoms with E-state index < -0.39 is 0 Å².